The zero-order valence-electron chi connectivity index (χ0n) is 13.9. The summed E-state index contributed by atoms with van der Waals surface area (Å²) >= 11 is 7.68. The first-order chi connectivity index (χ1) is 10.9. The van der Waals surface area contributed by atoms with E-state index in [2.05, 4.69) is 5.32 Å². The third kappa shape index (κ3) is 4.65. The van der Waals surface area contributed by atoms with Crippen LogP contribution in [0.4, 0.5) is 0 Å². The Kier molecular flexibility index (Phi) is 6.40. The Morgan fingerprint density at radius 2 is 1.96 bits per heavy atom. The minimum absolute atomic E-state index is 0.0294. The number of aliphatic hydroxyl groups is 1. The van der Waals surface area contributed by atoms with Gasteiger partial charge in [0.05, 0.1) is 11.0 Å². The topological polar surface area (TPSA) is 49.3 Å². The fourth-order valence-electron chi connectivity index (χ4n) is 3.24. The molecule has 128 valence electrons. The molecular formula is C18H26ClNO2S. The van der Waals surface area contributed by atoms with Crippen LogP contribution in [0.5, 0.6) is 0 Å². The number of benzene rings is 1. The van der Waals surface area contributed by atoms with Gasteiger partial charge in [-0.25, -0.2) is 0 Å². The maximum absolute atomic E-state index is 12.9. The lowest BCUT2D eigenvalue weighted by molar-refractivity contribution is -0.127. The Balaban J connectivity index is 2.09. The average molecular weight is 356 g/mol. The lowest BCUT2D eigenvalue weighted by Crippen LogP contribution is -2.48. The van der Waals surface area contributed by atoms with E-state index in [1.54, 1.807) is 18.7 Å². The van der Waals surface area contributed by atoms with Crippen molar-refractivity contribution in [3.05, 3.63) is 34.9 Å². The maximum atomic E-state index is 12.9. The number of thioether (sulfide) groups is 1. The van der Waals surface area contributed by atoms with Crippen LogP contribution >= 0.6 is 23.4 Å². The van der Waals surface area contributed by atoms with Gasteiger partial charge in [0, 0.05) is 11.6 Å². The van der Waals surface area contributed by atoms with Gasteiger partial charge in [-0.2, -0.15) is 11.8 Å². The van der Waals surface area contributed by atoms with Crippen LogP contribution in [0.15, 0.2) is 24.3 Å². The molecule has 1 aromatic carbocycles. The Morgan fingerprint density at radius 3 is 2.52 bits per heavy atom. The molecule has 2 rings (SSSR count). The predicted molar refractivity (Wildman–Crippen MR) is 98.2 cm³/mol. The second kappa shape index (κ2) is 7.91. The summed E-state index contributed by atoms with van der Waals surface area (Å²) < 4.78 is 0. The van der Waals surface area contributed by atoms with Crippen LogP contribution in [0, 0.1) is 0 Å². The maximum Gasteiger partial charge on any atom is 0.230 e. The van der Waals surface area contributed by atoms with Crippen molar-refractivity contribution in [2.75, 3.05) is 18.6 Å². The van der Waals surface area contributed by atoms with E-state index >= 15 is 0 Å². The van der Waals surface area contributed by atoms with E-state index in [0.29, 0.717) is 18.0 Å². The molecule has 0 heterocycles. The van der Waals surface area contributed by atoms with E-state index in [-0.39, 0.29) is 5.91 Å². The molecule has 0 aliphatic heterocycles. The molecule has 1 amide bonds. The van der Waals surface area contributed by atoms with Crippen molar-refractivity contribution in [2.24, 2.45) is 0 Å². The third-order valence-corrected chi connectivity index (χ3v) is 5.63. The van der Waals surface area contributed by atoms with Crippen molar-refractivity contribution < 1.29 is 9.90 Å². The number of halogens is 1. The molecule has 0 saturated heterocycles. The van der Waals surface area contributed by atoms with Gasteiger partial charge >= 0.3 is 0 Å². The zero-order chi connectivity index (χ0) is 16.9. The number of hydrogen-bond acceptors (Lipinski definition) is 3. The Labute approximate surface area is 148 Å². The van der Waals surface area contributed by atoms with Gasteiger partial charge in [0.25, 0.3) is 0 Å². The minimum atomic E-state index is -0.863. The van der Waals surface area contributed by atoms with Crippen molar-refractivity contribution >= 4 is 29.3 Å². The zero-order valence-corrected chi connectivity index (χ0v) is 15.5. The summed E-state index contributed by atoms with van der Waals surface area (Å²) in [5.74, 6) is 0.910. The van der Waals surface area contributed by atoms with Crippen molar-refractivity contribution in [3.8, 4) is 0 Å². The van der Waals surface area contributed by atoms with Crippen LogP contribution in [-0.2, 0) is 10.2 Å². The highest BCUT2D eigenvalue weighted by atomic mass is 35.5. The van der Waals surface area contributed by atoms with Gasteiger partial charge in [-0.05, 0) is 55.9 Å². The Hall–Kier alpha value is -0.710. The number of hydrogen-bond donors (Lipinski definition) is 2. The van der Waals surface area contributed by atoms with Gasteiger partial charge in [0.1, 0.15) is 0 Å². The van der Waals surface area contributed by atoms with E-state index in [9.17, 15) is 9.90 Å². The second-order valence-corrected chi connectivity index (χ2v) is 8.14. The lowest BCUT2D eigenvalue weighted by atomic mass is 9.78. The molecule has 1 saturated carbocycles. The smallest absolute Gasteiger partial charge is 0.230 e. The quantitative estimate of drug-likeness (QED) is 0.782. The normalized spacial score (nSPS) is 19.3. The van der Waals surface area contributed by atoms with Crippen LogP contribution in [0.1, 0.15) is 44.6 Å². The molecule has 0 bridgehead atoms. The summed E-state index contributed by atoms with van der Waals surface area (Å²) in [5.41, 5.74) is -0.306. The lowest BCUT2D eigenvalue weighted by Gasteiger charge is -2.31. The molecule has 1 atom stereocenters. The largest absolute Gasteiger partial charge is 0.388 e. The molecule has 0 radical (unpaired) electrons. The number of carbonyl (C=O) groups is 1. The van der Waals surface area contributed by atoms with Gasteiger partial charge in [-0.1, -0.05) is 36.6 Å². The summed E-state index contributed by atoms with van der Waals surface area (Å²) in [7, 11) is 0. The molecule has 0 spiro atoms. The molecule has 5 heteroatoms. The Bertz CT molecular complexity index is 524. The van der Waals surface area contributed by atoms with Crippen LogP contribution in [-0.4, -0.2) is 35.2 Å². The summed E-state index contributed by atoms with van der Waals surface area (Å²) in [6.45, 7) is 2.08. The fraction of sp³-hybridized carbons (Fsp3) is 0.611. The minimum Gasteiger partial charge on any atom is -0.388 e. The summed E-state index contributed by atoms with van der Waals surface area (Å²) in [5, 5.41) is 14.1. The van der Waals surface area contributed by atoms with Gasteiger partial charge in [-0.3, -0.25) is 4.79 Å². The summed E-state index contributed by atoms with van der Waals surface area (Å²) in [6, 6.07) is 7.61. The van der Waals surface area contributed by atoms with Crippen LogP contribution < -0.4 is 5.32 Å². The number of carbonyl (C=O) groups excluding carboxylic acids is 1. The van der Waals surface area contributed by atoms with E-state index < -0.39 is 11.0 Å². The molecular weight excluding hydrogens is 330 g/mol. The SMILES string of the molecule is CSCCC(C)(O)CNC(=O)C1(c2ccc(Cl)cc2)CCCC1. The number of amides is 1. The molecule has 1 aliphatic rings. The molecule has 1 aliphatic carbocycles. The number of nitrogens with one attached hydrogen (secondary N) is 1. The highest BCUT2D eigenvalue weighted by Crippen LogP contribution is 2.41. The van der Waals surface area contributed by atoms with Gasteiger partial charge < -0.3 is 10.4 Å². The first-order valence-electron chi connectivity index (χ1n) is 8.15. The van der Waals surface area contributed by atoms with E-state index in [1.807, 2.05) is 30.5 Å². The van der Waals surface area contributed by atoms with Crippen molar-refractivity contribution in [2.45, 2.75) is 50.0 Å². The predicted octanol–water partition coefficient (Wildman–Crippen LogP) is 3.77. The molecule has 23 heavy (non-hydrogen) atoms. The molecule has 1 aromatic rings. The van der Waals surface area contributed by atoms with Crippen molar-refractivity contribution in [1.82, 2.24) is 5.32 Å². The third-order valence-electron chi connectivity index (χ3n) is 4.76. The standard InChI is InChI=1S/C18H26ClNO2S/c1-17(22,11-12-23-2)13-20-16(21)18(9-3-4-10-18)14-5-7-15(19)8-6-14/h5-8,22H,3-4,9-13H2,1-2H3,(H,20,21). The monoisotopic (exact) mass is 355 g/mol. The molecule has 0 aromatic heterocycles. The van der Waals surface area contributed by atoms with Crippen molar-refractivity contribution in [3.63, 3.8) is 0 Å². The molecule has 3 nitrogen and oxygen atoms in total. The second-order valence-electron chi connectivity index (χ2n) is 6.72. The summed E-state index contributed by atoms with van der Waals surface area (Å²) in [4.78, 5) is 12.9. The van der Waals surface area contributed by atoms with Gasteiger partial charge in [0.2, 0.25) is 5.91 Å². The first kappa shape index (κ1) is 18.6. The van der Waals surface area contributed by atoms with E-state index in [1.165, 1.54) is 0 Å². The highest BCUT2D eigenvalue weighted by molar-refractivity contribution is 7.98. The molecule has 2 N–H and O–H groups in total. The van der Waals surface area contributed by atoms with E-state index in [0.717, 1.165) is 37.0 Å². The average Bonchev–Trinajstić information content (AvgIpc) is 3.02. The van der Waals surface area contributed by atoms with Gasteiger partial charge in [0.15, 0.2) is 0 Å². The fourth-order valence-corrected chi connectivity index (χ4v) is 4.01. The molecule has 1 unspecified atom stereocenters. The van der Waals surface area contributed by atoms with Gasteiger partial charge in [-0.15, -0.1) is 0 Å². The Morgan fingerprint density at radius 1 is 1.35 bits per heavy atom. The number of rotatable bonds is 7. The molecule has 1 fully saturated rings. The van der Waals surface area contributed by atoms with Crippen LogP contribution in [0.3, 0.4) is 0 Å². The van der Waals surface area contributed by atoms with Crippen LogP contribution in [0.25, 0.3) is 0 Å². The van der Waals surface area contributed by atoms with Crippen LogP contribution in [0.2, 0.25) is 5.02 Å². The first-order valence-corrected chi connectivity index (χ1v) is 9.92. The highest BCUT2D eigenvalue weighted by Gasteiger charge is 2.43. The van der Waals surface area contributed by atoms with E-state index in [4.69, 9.17) is 11.6 Å². The summed E-state index contributed by atoms with van der Waals surface area (Å²) in [6.07, 6.45) is 6.50. The van der Waals surface area contributed by atoms with Crippen molar-refractivity contribution in [1.29, 1.82) is 0 Å².